The highest BCUT2D eigenvalue weighted by atomic mass is 32.2. The molecule has 5 nitrogen and oxygen atoms in total. The Kier molecular flexibility index (Phi) is 6.84. The van der Waals surface area contributed by atoms with Gasteiger partial charge in [0.25, 0.3) is 0 Å². The van der Waals surface area contributed by atoms with E-state index in [0.29, 0.717) is 5.56 Å². The van der Waals surface area contributed by atoms with Crippen LogP contribution in [0.3, 0.4) is 0 Å². The Labute approximate surface area is 124 Å². The number of nitrogens with two attached hydrogens (primary N) is 1. The lowest BCUT2D eigenvalue weighted by atomic mass is 10.0. The molecule has 2 atom stereocenters. The molecule has 0 spiro atoms. The Balaban J connectivity index is 2.70. The Morgan fingerprint density at radius 2 is 2.20 bits per heavy atom. The molecule has 0 saturated heterocycles. The van der Waals surface area contributed by atoms with E-state index in [1.165, 1.54) is 0 Å². The second kappa shape index (κ2) is 8.14. The first kappa shape index (κ1) is 16.8. The zero-order chi connectivity index (χ0) is 15.1. The van der Waals surface area contributed by atoms with E-state index in [2.05, 4.69) is 17.4 Å². The van der Waals surface area contributed by atoms with E-state index in [-0.39, 0.29) is 23.7 Å². The van der Waals surface area contributed by atoms with Crippen LogP contribution in [-0.2, 0) is 6.54 Å². The number of amidine groups is 1. The number of nitrogens with zero attached hydrogens (tertiary/aromatic N) is 1. The minimum atomic E-state index is 0.115. The number of nitrogens with one attached hydrogen (secondary N) is 1. The van der Waals surface area contributed by atoms with Crippen molar-refractivity contribution in [3.8, 4) is 0 Å². The van der Waals surface area contributed by atoms with Crippen LogP contribution in [0.4, 0.5) is 0 Å². The van der Waals surface area contributed by atoms with Gasteiger partial charge in [0.05, 0.1) is 6.61 Å². The summed E-state index contributed by atoms with van der Waals surface area (Å²) in [6, 6.07) is 5.92. The minimum Gasteiger partial charge on any atom is -0.409 e. The lowest BCUT2D eigenvalue weighted by Crippen LogP contribution is -2.37. The van der Waals surface area contributed by atoms with Gasteiger partial charge >= 0.3 is 0 Å². The van der Waals surface area contributed by atoms with Crippen LogP contribution in [0.15, 0.2) is 23.4 Å². The Morgan fingerprint density at radius 1 is 1.50 bits per heavy atom. The van der Waals surface area contributed by atoms with Crippen molar-refractivity contribution in [2.75, 3.05) is 12.9 Å². The molecule has 2 unspecified atom stereocenters. The third-order valence-corrected chi connectivity index (χ3v) is 4.56. The van der Waals surface area contributed by atoms with E-state index in [4.69, 9.17) is 10.9 Å². The maximum absolute atomic E-state index is 9.26. The molecule has 1 rings (SSSR count). The summed E-state index contributed by atoms with van der Waals surface area (Å²) in [4.78, 5) is 0. The van der Waals surface area contributed by atoms with Crippen molar-refractivity contribution >= 4 is 17.6 Å². The van der Waals surface area contributed by atoms with Gasteiger partial charge in [0.1, 0.15) is 0 Å². The first-order valence-electron chi connectivity index (χ1n) is 6.48. The molecule has 1 aromatic rings. The standard InChI is InChI=1S/C14H23N3O2S/c1-9-6-11(14(15)17-19)4-5-12(9)7-16-10(2)13(8-18)20-3/h4-6,10,13,16,18-19H,7-8H2,1-3H3,(H2,15,17). The lowest BCUT2D eigenvalue weighted by Gasteiger charge is -2.22. The molecule has 20 heavy (non-hydrogen) atoms. The molecule has 1 aromatic carbocycles. The maximum atomic E-state index is 9.26. The minimum absolute atomic E-state index is 0.115. The van der Waals surface area contributed by atoms with Crippen molar-refractivity contribution in [3.05, 3.63) is 34.9 Å². The summed E-state index contributed by atoms with van der Waals surface area (Å²) in [5.41, 5.74) is 8.51. The molecular weight excluding hydrogens is 274 g/mol. The van der Waals surface area contributed by atoms with Gasteiger partial charge in [0, 0.05) is 23.4 Å². The number of hydrogen-bond donors (Lipinski definition) is 4. The normalized spacial score (nSPS) is 15.1. The van der Waals surface area contributed by atoms with Crippen LogP contribution < -0.4 is 11.1 Å². The van der Waals surface area contributed by atoms with Gasteiger partial charge in [-0.1, -0.05) is 17.3 Å². The number of rotatable bonds is 7. The number of thioether (sulfide) groups is 1. The zero-order valence-corrected chi connectivity index (χ0v) is 12.9. The van der Waals surface area contributed by atoms with Crippen LogP contribution in [0, 0.1) is 6.92 Å². The molecule has 0 aliphatic rings. The second-order valence-corrected chi connectivity index (χ2v) is 5.83. The molecular formula is C14H23N3O2S. The third-order valence-electron chi connectivity index (χ3n) is 3.40. The average Bonchev–Trinajstić information content (AvgIpc) is 2.46. The topological polar surface area (TPSA) is 90.9 Å². The molecule has 6 heteroatoms. The number of aryl methyl sites for hydroxylation is 1. The van der Waals surface area contributed by atoms with Gasteiger partial charge < -0.3 is 21.4 Å². The van der Waals surface area contributed by atoms with Gasteiger partial charge in [0.2, 0.25) is 0 Å². The largest absolute Gasteiger partial charge is 0.409 e. The first-order chi connectivity index (χ1) is 9.53. The predicted octanol–water partition coefficient (Wildman–Crippen LogP) is 1.29. The van der Waals surface area contributed by atoms with Gasteiger partial charge in [-0.3, -0.25) is 0 Å². The number of aliphatic hydroxyl groups is 1. The predicted molar refractivity (Wildman–Crippen MR) is 84.4 cm³/mol. The van der Waals surface area contributed by atoms with Gasteiger partial charge in [-0.2, -0.15) is 11.8 Å². The van der Waals surface area contributed by atoms with Crippen LogP contribution in [0.2, 0.25) is 0 Å². The van der Waals surface area contributed by atoms with E-state index < -0.39 is 0 Å². The van der Waals surface area contributed by atoms with E-state index in [1.807, 2.05) is 31.4 Å². The van der Waals surface area contributed by atoms with E-state index >= 15 is 0 Å². The van der Waals surface area contributed by atoms with Crippen molar-refractivity contribution in [1.29, 1.82) is 0 Å². The van der Waals surface area contributed by atoms with Crippen molar-refractivity contribution in [1.82, 2.24) is 5.32 Å². The Bertz CT molecular complexity index is 462. The van der Waals surface area contributed by atoms with Gasteiger partial charge in [0.15, 0.2) is 5.84 Å². The zero-order valence-electron chi connectivity index (χ0n) is 12.1. The molecule has 0 aromatic heterocycles. The number of benzene rings is 1. The van der Waals surface area contributed by atoms with Gasteiger partial charge in [-0.15, -0.1) is 0 Å². The fourth-order valence-corrected chi connectivity index (χ4v) is 2.60. The Morgan fingerprint density at radius 3 is 2.70 bits per heavy atom. The number of aliphatic hydroxyl groups excluding tert-OH is 1. The third kappa shape index (κ3) is 4.40. The van der Waals surface area contributed by atoms with Crippen LogP contribution >= 0.6 is 11.8 Å². The van der Waals surface area contributed by atoms with E-state index in [0.717, 1.165) is 17.7 Å². The molecule has 0 aliphatic heterocycles. The van der Waals surface area contributed by atoms with Crippen LogP contribution in [-0.4, -0.2) is 40.3 Å². The summed E-state index contributed by atoms with van der Waals surface area (Å²) >= 11 is 1.65. The fourth-order valence-electron chi connectivity index (χ4n) is 1.95. The molecule has 0 saturated carbocycles. The monoisotopic (exact) mass is 297 g/mol. The number of hydrogen-bond acceptors (Lipinski definition) is 5. The molecule has 112 valence electrons. The highest BCUT2D eigenvalue weighted by molar-refractivity contribution is 7.99. The fraction of sp³-hybridized carbons (Fsp3) is 0.500. The first-order valence-corrected chi connectivity index (χ1v) is 7.76. The van der Waals surface area contributed by atoms with Crippen molar-refractivity contribution < 1.29 is 10.3 Å². The highest BCUT2D eigenvalue weighted by Crippen LogP contribution is 2.14. The van der Waals surface area contributed by atoms with Crippen LogP contribution in [0.1, 0.15) is 23.6 Å². The second-order valence-electron chi connectivity index (χ2n) is 4.75. The molecule has 5 N–H and O–H groups in total. The van der Waals surface area contributed by atoms with Crippen molar-refractivity contribution in [2.24, 2.45) is 10.9 Å². The quantitative estimate of drug-likeness (QED) is 0.263. The Hall–Kier alpha value is -1.24. The molecule has 0 radical (unpaired) electrons. The summed E-state index contributed by atoms with van der Waals surface area (Å²) in [5.74, 6) is 0.115. The molecule has 0 amide bonds. The molecule has 0 fully saturated rings. The average molecular weight is 297 g/mol. The summed E-state index contributed by atoms with van der Waals surface area (Å²) in [5, 5.41) is 24.5. The molecule has 0 bridgehead atoms. The summed E-state index contributed by atoms with van der Waals surface area (Å²) < 4.78 is 0. The molecule has 0 heterocycles. The number of oxime groups is 1. The van der Waals surface area contributed by atoms with Crippen LogP contribution in [0.25, 0.3) is 0 Å². The maximum Gasteiger partial charge on any atom is 0.170 e. The smallest absolute Gasteiger partial charge is 0.170 e. The summed E-state index contributed by atoms with van der Waals surface area (Å²) in [6.07, 6.45) is 2.00. The van der Waals surface area contributed by atoms with Crippen molar-refractivity contribution in [3.63, 3.8) is 0 Å². The van der Waals surface area contributed by atoms with E-state index in [1.54, 1.807) is 11.8 Å². The summed E-state index contributed by atoms with van der Waals surface area (Å²) in [6.45, 7) is 4.95. The van der Waals surface area contributed by atoms with Crippen molar-refractivity contribution in [2.45, 2.75) is 31.7 Å². The van der Waals surface area contributed by atoms with Crippen LogP contribution in [0.5, 0.6) is 0 Å². The van der Waals surface area contributed by atoms with Gasteiger partial charge in [-0.25, -0.2) is 0 Å². The summed E-state index contributed by atoms with van der Waals surface area (Å²) in [7, 11) is 0. The lowest BCUT2D eigenvalue weighted by molar-refractivity contribution is 0.276. The SMILES string of the molecule is CSC(CO)C(C)NCc1ccc(/C(N)=N/O)cc1C. The van der Waals surface area contributed by atoms with Gasteiger partial charge in [-0.05, 0) is 37.3 Å². The molecule has 0 aliphatic carbocycles. The van der Waals surface area contributed by atoms with E-state index in [9.17, 15) is 5.11 Å². The highest BCUT2D eigenvalue weighted by Gasteiger charge is 2.14.